The number of anilines is 1. The normalized spacial score (nSPS) is 16.7. The van der Waals surface area contributed by atoms with Crippen molar-refractivity contribution in [2.24, 2.45) is 5.92 Å². The molecule has 0 spiro atoms. The molecule has 2 aromatic heterocycles. The van der Waals surface area contributed by atoms with E-state index >= 15 is 0 Å². The molecular formula is C27H30Cl2N6O. The number of likely N-dealkylation sites (tertiary alicyclic amines) is 1. The highest BCUT2D eigenvalue weighted by Crippen LogP contribution is 2.31. The number of unbranched alkanes of at least 4 members (excludes halogenated alkanes) is 2. The zero-order chi connectivity index (χ0) is 25.2. The Kier molecular flexibility index (Phi) is 7.30. The van der Waals surface area contributed by atoms with Gasteiger partial charge in [-0.15, -0.1) is 0 Å². The van der Waals surface area contributed by atoms with Crippen molar-refractivity contribution in [1.82, 2.24) is 24.8 Å². The number of fused-ring (bicyclic) bond motifs is 2. The SMILES string of the molecule is CCCCCC1CCN(C(=O)c2cc3ncnc(NC(C)c4nc5ccc(Cl)cc5[nH]4)c3cc2Cl)C1. The van der Waals surface area contributed by atoms with Crippen molar-refractivity contribution in [2.45, 2.75) is 52.0 Å². The monoisotopic (exact) mass is 524 g/mol. The Morgan fingerprint density at radius 3 is 2.89 bits per heavy atom. The molecule has 3 heterocycles. The zero-order valence-corrected chi connectivity index (χ0v) is 22.0. The van der Waals surface area contributed by atoms with Crippen LogP contribution in [-0.2, 0) is 0 Å². The molecule has 0 bridgehead atoms. The largest absolute Gasteiger partial charge is 0.360 e. The number of halogens is 2. The highest BCUT2D eigenvalue weighted by molar-refractivity contribution is 6.35. The number of aromatic amines is 1. The minimum Gasteiger partial charge on any atom is -0.360 e. The second-order valence-electron chi connectivity index (χ2n) is 9.62. The number of carbonyl (C=O) groups is 1. The molecule has 2 atom stereocenters. The van der Waals surface area contributed by atoms with E-state index in [4.69, 9.17) is 23.2 Å². The van der Waals surface area contributed by atoms with Crippen LogP contribution in [0.4, 0.5) is 5.82 Å². The first-order valence-corrected chi connectivity index (χ1v) is 13.3. The minimum atomic E-state index is -0.163. The second-order valence-corrected chi connectivity index (χ2v) is 10.5. The molecule has 1 fully saturated rings. The van der Waals surface area contributed by atoms with Crippen molar-refractivity contribution in [3.05, 3.63) is 58.1 Å². The molecule has 4 aromatic rings. The molecule has 36 heavy (non-hydrogen) atoms. The first-order valence-electron chi connectivity index (χ1n) is 12.6. The smallest absolute Gasteiger partial charge is 0.255 e. The Bertz CT molecular complexity index is 1400. The number of H-pyrrole nitrogens is 1. The Morgan fingerprint density at radius 2 is 2.06 bits per heavy atom. The lowest BCUT2D eigenvalue weighted by Crippen LogP contribution is -2.29. The number of hydrogen-bond donors (Lipinski definition) is 2. The van der Waals surface area contributed by atoms with Gasteiger partial charge in [-0.2, -0.15) is 0 Å². The quantitative estimate of drug-likeness (QED) is 0.241. The maximum atomic E-state index is 13.3. The van der Waals surface area contributed by atoms with Gasteiger partial charge in [0.05, 0.1) is 33.2 Å². The summed E-state index contributed by atoms with van der Waals surface area (Å²) < 4.78 is 0. The molecule has 2 unspecified atom stereocenters. The average molecular weight is 525 g/mol. The summed E-state index contributed by atoms with van der Waals surface area (Å²) in [4.78, 5) is 32.1. The van der Waals surface area contributed by atoms with Crippen molar-refractivity contribution in [2.75, 3.05) is 18.4 Å². The fourth-order valence-corrected chi connectivity index (χ4v) is 5.36. The number of nitrogens with one attached hydrogen (secondary N) is 2. The van der Waals surface area contributed by atoms with Crippen LogP contribution in [0.15, 0.2) is 36.7 Å². The van der Waals surface area contributed by atoms with E-state index in [0.717, 1.165) is 41.8 Å². The van der Waals surface area contributed by atoms with E-state index in [-0.39, 0.29) is 11.9 Å². The third-order valence-electron chi connectivity index (χ3n) is 6.97. The van der Waals surface area contributed by atoms with Crippen LogP contribution in [-0.4, -0.2) is 43.8 Å². The Labute approximate surface area is 220 Å². The van der Waals surface area contributed by atoms with E-state index in [1.54, 1.807) is 12.1 Å². The molecule has 7 nitrogen and oxygen atoms in total. The van der Waals surface area contributed by atoms with Crippen molar-refractivity contribution in [3.63, 3.8) is 0 Å². The summed E-state index contributed by atoms with van der Waals surface area (Å²) in [5.41, 5.74) is 2.88. The molecule has 188 valence electrons. The number of aromatic nitrogens is 4. The Balaban J connectivity index is 1.35. The Hall–Kier alpha value is -2.90. The summed E-state index contributed by atoms with van der Waals surface area (Å²) >= 11 is 12.8. The number of imidazole rings is 1. The summed E-state index contributed by atoms with van der Waals surface area (Å²) in [6.07, 6.45) is 7.43. The van der Waals surface area contributed by atoms with Gasteiger partial charge in [0.1, 0.15) is 18.0 Å². The van der Waals surface area contributed by atoms with Crippen LogP contribution in [0.25, 0.3) is 21.9 Å². The first-order chi connectivity index (χ1) is 17.4. The number of nitrogens with zero attached hydrogens (tertiary/aromatic N) is 4. The molecule has 1 aliphatic rings. The molecule has 0 saturated carbocycles. The fraction of sp³-hybridized carbons (Fsp3) is 0.407. The van der Waals surface area contributed by atoms with Crippen LogP contribution >= 0.6 is 23.2 Å². The molecule has 0 radical (unpaired) electrons. The Morgan fingerprint density at radius 1 is 1.19 bits per heavy atom. The maximum absolute atomic E-state index is 13.3. The third-order valence-corrected chi connectivity index (χ3v) is 7.52. The van der Waals surface area contributed by atoms with Gasteiger partial charge in [0.2, 0.25) is 0 Å². The lowest BCUT2D eigenvalue weighted by molar-refractivity contribution is 0.0786. The van der Waals surface area contributed by atoms with Gasteiger partial charge in [0.25, 0.3) is 5.91 Å². The van der Waals surface area contributed by atoms with Crippen molar-refractivity contribution in [1.29, 1.82) is 0 Å². The van der Waals surface area contributed by atoms with Crippen molar-refractivity contribution in [3.8, 4) is 0 Å². The number of hydrogen-bond acceptors (Lipinski definition) is 5. The maximum Gasteiger partial charge on any atom is 0.255 e. The van der Waals surface area contributed by atoms with Gasteiger partial charge in [-0.1, -0.05) is 49.4 Å². The van der Waals surface area contributed by atoms with Crippen LogP contribution in [0.3, 0.4) is 0 Å². The average Bonchev–Trinajstić information content (AvgIpc) is 3.51. The molecule has 1 aliphatic heterocycles. The minimum absolute atomic E-state index is 0.0256. The van der Waals surface area contributed by atoms with Crippen LogP contribution in [0.1, 0.15) is 68.2 Å². The highest BCUT2D eigenvalue weighted by Gasteiger charge is 2.28. The second kappa shape index (κ2) is 10.6. The molecule has 9 heteroatoms. The third kappa shape index (κ3) is 5.13. The van der Waals surface area contributed by atoms with E-state index in [0.29, 0.717) is 32.9 Å². The fourth-order valence-electron chi connectivity index (χ4n) is 4.94. The topological polar surface area (TPSA) is 86.8 Å². The summed E-state index contributed by atoms with van der Waals surface area (Å²) in [5, 5.41) is 5.22. The van der Waals surface area contributed by atoms with E-state index in [1.807, 2.05) is 30.0 Å². The van der Waals surface area contributed by atoms with Gasteiger partial charge in [-0.3, -0.25) is 4.79 Å². The van der Waals surface area contributed by atoms with Gasteiger partial charge >= 0.3 is 0 Å². The lowest BCUT2D eigenvalue weighted by atomic mass is 10.0. The van der Waals surface area contributed by atoms with Crippen LogP contribution in [0, 0.1) is 5.92 Å². The molecule has 1 amide bonds. The van der Waals surface area contributed by atoms with E-state index in [9.17, 15) is 4.79 Å². The number of rotatable bonds is 8. The van der Waals surface area contributed by atoms with Gasteiger partial charge in [0, 0.05) is 23.5 Å². The summed E-state index contributed by atoms with van der Waals surface area (Å²) in [6.45, 7) is 5.79. The predicted octanol–water partition coefficient (Wildman–Crippen LogP) is 7.03. The van der Waals surface area contributed by atoms with Gasteiger partial charge < -0.3 is 15.2 Å². The standard InChI is InChI=1S/C27H30Cl2N6O/c1-3-4-5-6-17-9-10-35(14-17)27(36)19-13-23-20(12-21(19)29)26(31-15-30-23)32-16(2)25-33-22-8-7-18(28)11-24(22)34-25/h7-8,11-13,15-17H,3-6,9-10,14H2,1-2H3,(H,33,34)(H,30,31,32). The summed E-state index contributed by atoms with van der Waals surface area (Å²) in [7, 11) is 0. The van der Waals surface area contributed by atoms with E-state index in [1.165, 1.54) is 32.0 Å². The van der Waals surface area contributed by atoms with Gasteiger partial charge in [-0.05, 0) is 56.0 Å². The predicted molar refractivity (Wildman–Crippen MR) is 146 cm³/mol. The van der Waals surface area contributed by atoms with Gasteiger partial charge in [-0.25, -0.2) is 15.0 Å². The summed E-state index contributed by atoms with van der Waals surface area (Å²) in [6, 6.07) is 8.96. The number of amides is 1. The molecule has 5 rings (SSSR count). The molecule has 2 aromatic carbocycles. The number of carbonyl (C=O) groups excluding carboxylic acids is 1. The van der Waals surface area contributed by atoms with Crippen molar-refractivity contribution >= 4 is 56.9 Å². The molecule has 2 N–H and O–H groups in total. The van der Waals surface area contributed by atoms with Crippen molar-refractivity contribution < 1.29 is 4.79 Å². The van der Waals surface area contributed by atoms with Crippen LogP contribution < -0.4 is 5.32 Å². The van der Waals surface area contributed by atoms with Gasteiger partial charge in [0.15, 0.2) is 0 Å². The van der Waals surface area contributed by atoms with Crippen LogP contribution in [0.2, 0.25) is 10.0 Å². The summed E-state index contributed by atoms with van der Waals surface area (Å²) in [5.74, 6) is 1.94. The highest BCUT2D eigenvalue weighted by atomic mass is 35.5. The number of benzene rings is 2. The van der Waals surface area contributed by atoms with E-state index in [2.05, 4.69) is 32.2 Å². The molecule has 1 saturated heterocycles. The van der Waals surface area contributed by atoms with Crippen LogP contribution in [0.5, 0.6) is 0 Å². The molecule has 0 aliphatic carbocycles. The lowest BCUT2D eigenvalue weighted by Gasteiger charge is -2.18. The zero-order valence-electron chi connectivity index (χ0n) is 20.5. The molecular weight excluding hydrogens is 495 g/mol. The van der Waals surface area contributed by atoms with E-state index < -0.39 is 0 Å². The first kappa shape index (κ1) is 24.8.